The minimum Gasteiger partial charge on any atom is -0.504 e. The molecule has 6 atom stereocenters. The van der Waals surface area contributed by atoms with Gasteiger partial charge in [-0.3, -0.25) is 9.69 Å². The first-order chi connectivity index (χ1) is 19.4. The van der Waals surface area contributed by atoms with Crippen LogP contribution in [0.5, 0.6) is 11.5 Å². The molecule has 2 N–H and O–H groups in total. The molecule has 7 rings (SSSR count). The van der Waals surface area contributed by atoms with Crippen molar-refractivity contribution in [2.75, 3.05) is 20.1 Å². The van der Waals surface area contributed by atoms with Crippen LogP contribution in [0.15, 0.2) is 42.5 Å². The van der Waals surface area contributed by atoms with Crippen LogP contribution in [0.25, 0.3) is 6.08 Å². The fourth-order valence-electron chi connectivity index (χ4n) is 8.56. The molecule has 2 saturated carbocycles. The van der Waals surface area contributed by atoms with E-state index < -0.39 is 34.9 Å². The van der Waals surface area contributed by atoms with Gasteiger partial charge < -0.3 is 19.8 Å². The molecule has 6 nitrogen and oxygen atoms in total. The van der Waals surface area contributed by atoms with Gasteiger partial charge in [0.2, 0.25) is 5.91 Å². The van der Waals surface area contributed by atoms with Crippen molar-refractivity contribution in [3.05, 3.63) is 64.7 Å². The van der Waals surface area contributed by atoms with E-state index >= 15 is 0 Å². The number of ether oxygens (including phenoxy) is 1. The van der Waals surface area contributed by atoms with E-state index in [0.29, 0.717) is 30.9 Å². The Hall–Kier alpha value is -2.75. The average Bonchev–Trinajstić information content (AvgIpc) is 3.67. The molecule has 42 heavy (non-hydrogen) atoms. The molecule has 0 radical (unpaired) electrons. The highest BCUT2D eigenvalue weighted by molar-refractivity contribution is 5.92. The fraction of sp³-hybridized carbons (Fsp3) is 0.531. The lowest BCUT2D eigenvalue weighted by Gasteiger charge is -2.66. The second-order valence-corrected chi connectivity index (χ2v) is 12.9. The molecule has 5 aliphatic rings. The third kappa shape index (κ3) is 4.18. The third-order valence-electron chi connectivity index (χ3n) is 10.5. The molecule has 1 amide bonds. The van der Waals surface area contributed by atoms with Gasteiger partial charge in [0.1, 0.15) is 6.10 Å². The lowest BCUT2D eigenvalue weighted by molar-refractivity contribution is -0.212. The number of hydrogen-bond acceptors (Lipinski definition) is 5. The highest BCUT2D eigenvalue weighted by atomic mass is 35.5. The fourth-order valence-corrected chi connectivity index (χ4v) is 8.56. The first kappa shape index (κ1) is 29.3. The van der Waals surface area contributed by atoms with Crippen molar-refractivity contribution in [1.29, 1.82) is 0 Å². The Morgan fingerprint density at radius 3 is 2.71 bits per heavy atom. The van der Waals surface area contributed by atoms with Crippen molar-refractivity contribution in [3.8, 4) is 11.5 Å². The van der Waals surface area contributed by atoms with Crippen LogP contribution in [0.4, 0.5) is 13.2 Å². The lowest BCUT2D eigenvalue weighted by Crippen LogP contribution is -2.79. The minimum absolute atomic E-state index is 0. The summed E-state index contributed by atoms with van der Waals surface area (Å²) in [6.45, 7) is 3.82. The van der Waals surface area contributed by atoms with Crippen molar-refractivity contribution < 1.29 is 32.9 Å². The number of likely N-dealkylation sites (N-methyl/N-ethyl adjacent to an activating group) is 1. The van der Waals surface area contributed by atoms with Crippen LogP contribution in [-0.4, -0.2) is 69.8 Å². The zero-order chi connectivity index (χ0) is 28.9. The van der Waals surface area contributed by atoms with Crippen LogP contribution in [0.3, 0.4) is 0 Å². The number of likely N-dealkylation sites (tertiary alicyclic amines) is 1. The van der Waals surface area contributed by atoms with Gasteiger partial charge in [-0.15, -0.1) is 12.4 Å². The van der Waals surface area contributed by atoms with Crippen molar-refractivity contribution in [2.24, 2.45) is 11.8 Å². The number of piperidine rings is 1. The van der Waals surface area contributed by atoms with Crippen LogP contribution in [-0.2, 0) is 22.8 Å². The summed E-state index contributed by atoms with van der Waals surface area (Å²) in [6, 6.07) is 8.00. The molecule has 2 bridgehead atoms. The standard InChI is InChI=1S/C32H35F3N2O4.ClH/c1-18-16-31(40)24-15-21-9-10-23(38)28-26(21)30(31,12-13-37(24)17-20-6-7-20)29(41-28)27(18)36(2)25(39)11-8-19-4-3-5-22(14-19)32(33,34)35;/h3-5,8-11,14,18,20,24,27,29,38,40H,6-7,12-13,15-17H2,1-2H3;1H/b11-8+;/t18?,24-,27?,29?,30+,31-;/m1./s1. The molecule has 2 heterocycles. The Labute approximate surface area is 249 Å². The molecule has 3 fully saturated rings. The number of aliphatic hydroxyl groups is 1. The number of carbonyl (C=O) groups excluding carboxylic acids is 1. The quantitative estimate of drug-likeness (QED) is 0.460. The highest BCUT2D eigenvalue weighted by Crippen LogP contribution is 2.66. The molecule has 3 aliphatic carbocycles. The predicted molar refractivity (Wildman–Crippen MR) is 154 cm³/mol. The lowest BCUT2D eigenvalue weighted by atomic mass is 9.46. The summed E-state index contributed by atoms with van der Waals surface area (Å²) in [5.41, 5.74) is -0.358. The topological polar surface area (TPSA) is 73.2 Å². The monoisotopic (exact) mass is 604 g/mol. The molecule has 2 aromatic carbocycles. The molecule has 1 saturated heterocycles. The summed E-state index contributed by atoms with van der Waals surface area (Å²) in [4.78, 5) is 17.6. The Balaban J connectivity index is 0.00000316. The van der Waals surface area contributed by atoms with Gasteiger partial charge in [0, 0.05) is 31.3 Å². The van der Waals surface area contributed by atoms with Crippen LogP contribution in [0, 0.1) is 11.8 Å². The van der Waals surface area contributed by atoms with Gasteiger partial charge in [-0.1, -0.05) is 25.1 Å². The van der Waals surface area contributed by atoms with Gasteiger partial charge >= 0.3 is 6.18 Å². The summed E-state index contributed by atoms with van der Waals surface area (Å²) in [6.07, 6.45) is 1.95. The number of phenols is 1. The van der Waals surface area contributed by atoms with E-state index in [0.717, 1.165) is 36.3 Å². The number of halogens is 4. The number of hydrogen-bond donors (Lipinski definition) is 2. The third-order valence-corrected chi connectivity index (χ3v) is 10.5. The summed E-state index contributed by atoms with van der Waals surface area (Å²) < 4.78 is 46.1. The van der Waals surface area contributed by atoms with Crippen molar-refractivity contribution >= 4 is 24.4 Å². The predicted octanol–water partition coefficient (Wildman–Crippen LogP) is 5.18. The first-order valence-corrected chi connectivity index (χ1v) is 14.5. The normalized spacial score (nSPS) is 33.1. The van der Waals surface area contributed by atoms with Gasteiger partial charge in [-0.25, -0.2) is 0 Å². The maximum atomic E-state index is 13.5. The maximum absolute atomic E-state index is 13.5. The number of phenolic OH excluding ortho intramolecular Hbond substituents is 1. The molecular weight excluding hydrogens is 569 g/mol. The number of rotatable bonds is 5. The number of alkyl halides is 3. The second-order valence-electron chi connectivity index (χ2n) is 12.9. The molecule has 2 aliphatic heterocycles. The number of benzene rings is 2. The van der Waals surface area contributed by atoms with Crippen LogP contribution < -0.4 is 4.74 Å². The van der Waals surface area contributed by atoms with Gasteiger partial charge in [0.15, 0.2) is 11.5 Å². The average molecular weight is 605 g/mol. The first-order valence-electron chi connectivity index (χ1n) is 14.5. The minimum atomic E-state index is -4.47. The zero-order valence-corrected chi connectivity index (χ0v) is 24.4. The maximum Gasteiger partial charge on any atom is 0.416 e. The molecule has 226 valence electrons. The van der Waals surface area contributed by atoms with Crippen molar-refractivity contribution in [1.82, 2.24) is 9.80 Å². The van der Waals surface area contributed by atoms with Gasteiger partial charge in [-0.05, 0) is 85.9 Å². The Morgan fingerprint density at radius 2 is 2.00 bits per heavy atom. The van der Waals surface area contributed by atoms with E-state index in [-0.39, 0.29) is 41.6 Å². The van der Waals surface area contributed by atoms with Gasteiger partial charge in [0.05, 0.1) is 22.6 Å². The van der Waals surface area contributed by atoms with Crippen LogP contribution in [0.1, 0.15) is 54.9 Å². The Morgan fingerprint density at radius 1 is 1.24 bits per heavy atom. The summed E-state index contributed by atoms with van der Waals surface area (Å²) in [5, 5.41) is 23.6. The number of nitrogens with zero attached hydrogens (tertiary/aromatic N) is 2. The molecule has 1 spiro atoms. The van der Waals surface area contributed by atoms with Gasteiger partial charge in [0.25, 0.3) is 0 Å². The molecule has 3 unspecified atom stereocenters. The summed E-state index contributed by atoms with van der Waals surface area (Å²) >= 11 is 0. The van der Waals surface area contributed by atoms with E-state index in [1.165, 1.54) is 37.1 Å². The van der Waals surface area contributed by atoms with E-state index in [1.54, 1.807) is 18.0 Å². The SMILES string of the molecule is CC1C[C@@]2(O)[C@H]3Cc4ccc(O)c5c4[C@@]2(CCN3CC2CC2)C(O5)C1N(C)C(=O)/C=C/c1cccc(C(F)(F)F)c1.Cl. The zero-order valence-electron chi connectivity index (χ0n) is 23.6. The van der Waals surface area contributed by atoms with E-state index in [9.17, 15) is 28.2 Å². The van der Waals surface area contributed by atoms with E-state index in [2.05, 4.69) is 4.90 Å². The largest absolute Gasteiger partial charge is 0.504 e. The summed E-state index contributed by atoms with van der Waals surface area (Å²) in [5.74, 6) is 0.651. The van der Waals surface area contributed by atoms with Gasteiger partial charge in [-0.2, -0.15) is 13.2 Å². The van der Waals surface area contributed by atoms with Crippen LogP contribution >= 0.6 is 12.4 Å². The highest BCUT2D eigenvalue weighted by Gasteiger charge is 2.74. The number of amides is 1. The van der Waals surface area contributed by atoms with E-state index in [1.807, 2.05) is 13.0 Å². The number of aromatic hydroxyl groups is 1. The Bertz CT molecular complexity index is 1450. The van der Waals surface area contributed by atoms with E-state index in [4.69, 9.17) is 4.74 Å². The molecular formula is C32H36ClF3N2O4. The molecule has 0 aromatic heterocycles. The molecule has 10 heteroatoms. The molecule has 2 aromatic rings. The second kappa shape index (κ2) is 9.89. The van der Waals surface area contributed by atoms with Crippen LogP contribution in [0.2, 0.25) is 0 Å². The van der Waals surface area contributed by atoms with Crippen molar-refractivity contribution in [3.63, 3.8) is 0 Å². The van der Waals surface area contributed by atoms with Crippen molar-refractivity contribution in [2.45, 2.75) is 74.4 Å². The number of carbonyl (C=O) groups is 1. The Kier molecular flexibility index (Phi) is 6.91. The smallest absolute Gasteiger partial charge is 0.416 e. The summed E-state index contributed by atoms with van der Waals surface area (Å²) in [7, 11) is 1.69.